The molecule has 3 rings (SSSR count). The third-order valence-electron chi connectivity index (χ3n) is 4.43. The highest BCUT2D eigenvalue weighted by Crippen LogP contribution is 2.45. The van der Waals surface area contributed by atoms with E-state index >= 15 is 0 Å². The first-order valence-corrected chi connectivity index (χ1v) is 7.28. The first-order chi connectivity index (χ1) is 10.1. The molecule has 0 aromatic heterocycles. The van der Waals surface area contributed by atoms with Gasteiger partial charge in [0, 0.05) is 25.5 Å². The number of para-hydroxylation sites is 1. The molecule has 1 atom stereocenters. The first kappa shape index (κ1) is 13.7. The van der Waals surface area contributed by atoms with Crippen LogP contribution in [0.25, 0.3) is 0 Å². The second-order valence-electron chi connectivity index (χ2n) is 5.70. The highest BCUT2D eigenvalue weighted by atomic mass is 16.2. The molecule has 3 heteroatoms. The lowest BCUT2D eigenvalue weighted by molar-refractivity contribution is -0.119. The number of hydrogen-bond donors (Lipinski definition) is 1. The van der Waals surface area contributed by atoms with Crippen molar-refractivity contribution in [1.82, 2.24) is 0 Å². The van der Waals surface area contributed by atoms with Crippen LogP contribution in [0.2, 0.25) is 0 Å². The summed E-state index contributed by atoms with van der Waals surface area (Å²) in [6.07, 6.45) is 0.747. The Morgan fingerprint density at radius 3 is 2.33 bits per heavy atom. The Labute approximate surface area is 125 Å². The Balaban J connectivity index is 2.15. The molecule has 21 heavy (non-hydrogen) atoms. The van der Waals surface area contributed by atoms with Crippen LogP contribution in [0.3, 0.4) is 0 Å². The minimum absolute atomic E-state index is 0.0730. The van der Waals surface area contributed by atoms with Crippen LogP contribution in [0.4, 0.5) is 11.4 Å². The van der Waals surface area contributed by atoms with Gasteiger partial charge in [-0.3, -0.25) is 4.79 Å². The second-order valence-corrected chi connectivity index (χ2v) is 5.70. The van der Waals surface area contributed by atoms with Gasteiger partial charge in [-0.25, -0.2) is 0 Å². The molecule has 108 valence electrons. The van der Waals surface area contributed by atoms with Crippen LogP contribution in [-0.4, -0.2) is 20.0 Å². The minimum Gasteiger partial charge on any atom is -0.378 e. The van der Waals surface area contributed by atoms with Crippen molar-refractivity contribution in [3.8, 4) is 0 Å². The standard InChI is InChI=1S/C18H20N2O/c1-4-18(13-9-11-14(12-10-13)20(2)3)15-7-5-6-8-16(15)19-17(18)21/h5-12H,4H2,1-3H3,(H,19,21). The molecule has 0 spiro atoms. The van der Waals surface area contributed by atoms with Crippen molar-refractivity contribution in [3.63, 3.8) is 0 Å². The van der Waals surface area contributed by atoms with E-state index in [0.29, 0.717) is 0 Å². The first-order valence-electron chi connectivity index (χ1n) is 7.28. The van der Waals surface area contributed by atoms with Crippen molar-refractivity contribution in [2.75, 3.05) is 24.3 Å². The van der Waals surface area contributed by atoms with E-state index in [4.69, 9.17) is 0 Å². The van der Waals surface area contributed by atoms with Crippen molar-refractivity contribution < 1.29 is 4.79 Å². The van der Waals surface area contributed by atoms with Crippen LogP contribution in [0.15, 0.2) is 48.5 Å². The molecule has 1 aliphatic heterocycles. The van der Waals surface area contributed by atoms with Crippen molar-refractivity contribution in [1.29, 1.82) is 0 Å². The van der Waals surface area contributed by atoms with Crippen LogP contribution in [0, 0.1) is 0 Å². The Kier molecular flexibility index (Phi) is 3.20. The van der Waals surface area contributed by atoms with Gasteiger partial charge in [-0.2, -0.15) is 0 Å². The minimum atomic E-state index is -0.568. The van der Waals surface area contributed by atoms with Gasteiger partial charge in [0.25, 0.3) is 0 Å². The van der Waals surface area contributed by atoms with Gasteiger partial charge in [0.1, 0.15) is 5.41 Å². The number of amides is 1. The van der Waals surface area contributed by atoms with Gasteiger partial charge in [0.2, 0.25) is 5.91 Å². The van der Waals surface area contributed by atoms with Crippen LogP contribution in [0.1, 0.15) is 24.5 Å². The fraction of sp³-hybridized carbons (Fsp3) is 0.278. The highest BCUT2D eigenvalue weighted by Gasteiger charge is 2.46. The Morgan fingerprint density at radius 1 is 1.05 bits per heavy atom. The van der Waals surface area contributed by atoms with Crippen LogP contribution < -0.4 is 10.2 Å². The van der Waals surface area contributed by atoms with Crippen molar-refractivity contribution in [3.05, 3.63) is 59.7 Å². The zero-order valence-corrected chi connectivity index (χ0v) is 12.7. The molecule has 1 aliphatic rings. The lowest BCUT2D eigenvalue weighted by Crippen LogP contribution is -2.35. The van der Waals surface area contributed by atoms with E-state index in [1.807, 2.05) is 32.3 Å². The predicted molar refractivity (Wildman–Crippen MR) is 86.9 cm³/mol. The zero-order chi connectivity index (χ0) is 15.0. The van der Waals surface area contributed by atoms with Gasteiger partial charge in [-0.15, -0.1) is 0 Å². The Hall–Kier alpha value is -2.29. The average Bonchev–Trinajstić information content (AvgIpc) is 2.79. The van der Waals surface area contributed by atoms with Gasteiger partial charge in [0.05, 0.1) is 0 Å². The summed E-state index contributed by atoms with van der Waals surface area (Å²) in [5.74, 6) is 0.0730. The van der Waals surface area contributed by atoms with Gasteiger partial charge < -0.3 is 10.2 Å². The molecule has 1 amide bonds. The summed E-state index contributed by atoms with van der Waals surface area (Å²) in [6.45, 7) is 2.07. The lowest BCUT2D eigenvalue weighted by Gasteiger charge is -2.27. The molecule has 0 saturated heterocycles. The summed E-state index contributed by atoms with van der Waals surface area (Å²) < 4.78 is 0. The van der Waals surface area contributed by atoms with Crippen molar-refractivity contribution in [2.24, 2.45) is 0 Å². The molecule has 0 radical (unpaired) electrons. The van der Waals surface area contributed by atoms with Gasteiger partial charge >= 0.3 is 0 Å². The van der Waals surface area contributed by atoms with Crippen molar-refractivity contribution in [2.45, 2.75) is 18.8 Å². The number of rotatable bonds is 3. The van der Waals surface area contributed by atoms with E-state index in [-0.39, 0.29) is 5.91 Å². The average molecular weight is 280 g/mol. The molecule has 1 N–H and O–H groups in total. The van der Waals surface area contributed by atoms with E-state index in [9.17, 15) is 4.79 Å². The summed E-state index contributed by atoms with van der Waals surface area (Å²) >= 11 is 0. The summed E-state index contributed by atoms with van der Waals surface area (Å²) in [5, 5.41) is 3.03. The number of nitrogens with one attached hydrogen (secondary N) is 1. The fourth-order valence-electron chi connectivity index (χ4n) is 3.20. The molecule has 1 heterocycles. The van der Waals surface area contributed by atoms with E-state index in [1.54, 1.807) is 0 Å². The highest BCUT2D eigenvalue weighted by molar-refractivity contribution is 6.08. The van der Waals surface area contributed by atoms with E-state index < -0.39 is 5.41 Å². The summed E-state index contributed by atoms with van der Waals surface area (Å²) in [5.41, 5.74) is 3.63. The number of benzene rings is 2. The molecule has 2 aromatic carbocycles. The number of anilines is 2. The number of fused-ring (bicyclic) bond motifs is 1. The molecule has 0 bridgehead atoms. The van der Waals surface area contributed by atoms with Gasteiger partial charge in [-0.05, 0) is 35.7 Å². The number of carbonyl (C=O) groups excluding carboxylic acids is 1. The van der Waals surface area contributed by atoms with Crippen LogP contribution in [0.5, 0.6) is 0 Å². The molecular weight excluding hydrogens is 260 g/mol. The summed E-state index contributed by atoms with van der Waals surface area (Å²) in [6, 6.07) is 16.3. The number of carbonyl (C=O) groups is 1. The largest absolute Gasteiger partial charge is 0.378 e. The third-order valence-corrected chi connectivity index (χ3v) is 4.43. The zero-order valence-electron chi connectivity index (χ0n) is 12.7. The molecule has 1 unspecified atom stereocenters. The summed E-state index contributed by atoms with van der Waals surface area (Å²) in [4.78, 5) is 14.7. The van der Waals surface area contributed by atoms with E-state index in [1.165, 1.54) is 0 Å². The fourth-order valence-corrected chi connectivity index (χ4v) is 3.20. The topological polar surface area (TPSA) is 32.3 Å². The lowest BCUT2D eigenvalue weighted by atomic mass is 9.73. The SMILES string of the molecule is CCC1(c2ccc(N(C)C)cc2)C(=O)Nc2ccccc21. The normalized spacial score (nSPS) is 20.0. The van der Waals surface area contributed by atoms with Crippen molar-refractivity contribution >= 4 is 17.3 Å². The smallest absolute Gasteiger partial charge is 0.239 e. The number of nitrogens with zero attached hydrogens (tertiary/aromatic N) is 1. The molecular formula is C18H20N2O. The van der Waals surface area contributed by atoms with Crippen LogP contribution in [-0.2, 0) is 10.2 Å². The molecule has 0 saturated carbocycles. The maximum absolute atomic E-state index is 12.7. The number of hydrogen-bond acceptors (Lipinski definition) is 2. The Morgan fingerprint density at radius 2 is 1.71 bits per heavy atom. The van der Waals surface area contributed by atoms with Crippen LogP contribution >= 0.6 is 0 Å². The molecule has 2 aromatic rings. The Bertz CT molecular complexity index is 676. The maximum atomic E-state index is 12.7. The third kappa shape index (κ3) is 1.92. The summed E-state index contributed by atoms with van der Waals surface area (Å²) in [7, 11) is 4.03. The van der Waals surface area contributed by atoms with Gasteiger partial charge in [-0.1, -0.05) is 37.3 Å². The van der Waals surface area contributed by atoms with Gasteiger partial charge in [0.15, 0.2) is 0 Å². The quantitative estimate of drug-likeness (QED) is 0.934. The van der Waals surface area contributed by atoms with E-state index in [2.05, 4.69) is 47.5 Å². The molecule has 3 nitrogen and oxygen atoms in total. The maximum Gasteiger partial charge on any atom is 0.239 e. The predicted octanol–water partition coefficient (Wildman–Crippen LogP) is 3.40. The molecule has 0 fully saturated rings. The monoisotopic (exact) mass is 280 g/mol. The second kappa shape index (κ2) is 4.92. The van der Waals surface area contributed by atoms with E-state index in [0.717, 1.165) is 28.9 Å². The molecule has 0 aliphatic carbocycles.